The molecule has 0 radical (unpaired) electrons. The molecule has 1 fully saturated rings. The third kappa shape index (κ3) is 2.97. The summed E-state index contributed by atoms with van der Waals surface area (Å²) in [4.78, 5) is 31.9. The molecule has 9 nitrogen and oxygen atoms in total. The second-order valence-electron chi connectivity index (χ2n) is 7.94. The van der Waals surface area contributed by atoms with Crippen LogP contribution in [0.15, 0.2) is 34.7 Å². The fourth-order valence-corrected chi connectivity index (χ4v) is 4.22. The Morgan fingerprint density at radius 1 is 1.23 bits per heavy atom. The van der Waals surface area contributed by atoms with Crippen molar-refractivity contribution in [1.29, 1.82) is 0 Å². The Kier molecular flexibility index (Phi) is 4.19. The summed E-state index contributed by atoms with van der Waals surface area (Å²) in [5.41, 5.74) is 2.06. The van der Waals surface area contributed by atoms with Gasteiger partial charge in [0.1, 0.15) is 11.9 Å². The van der Waals surface area contributed by atoms with Crippen LogP contribution >= 0.6 is 0 Å². The first-order valence-electron chi connectivity index (χ1n) is 9.92. The number of benzene rings is 1. The molecule has 30 heavy (non-hydrogen) atoms. The van der Waals surface area contributed by atoms with Crippen molar-refractivity contribution in [2.45, 2.75) is 31.7 Å². The molecular formula is C21H22N6O3. The highest BCUT2D eigenvalue weighted by atomic mass is 16.4. The Hall–Kier alpha value is -3.49. The number of nitrogens with one attached hydrogen (secondary N) is 1. The van der Waals surface area contributed by atoms with Crippen molar-refractivity contribution in [1.82, 2.24) is 25.1 Å². The zero-order valence-electron chi connectivity index (χ0n) is 17.0. The fraction of sp³-hybridized carbons (Fsp3) is 0.381. The number of rotatable bonds is 4. The summed E-state index contributed by atoms with van der Waals surface area (Å²) in [5, 5.41) is 10.7. The summed E-state index contributed by atoms with van der Waals surface area (Å²) in [6.45, 7) is 1.92. The average Bonchev–Trinajstić information content (AvgIpc) is 3.28. The Morgan fingerprint density at radius 3 is 2.77 bits per heavy atom. The molecule has 3 heterocycles. The number of carbonyl (C=O) groups is 2. The third-order valence-corrected chi connectivity index (χ3v) is 6.02. The Bertz CT molecular complexity index is 1140. The maximum atomic E-state index is 13.1. The molecule has 3 atom stereocenters. The molecule has 2 aliphatic rings. The number of carbonyl (C=O) groups excluding carboxylic acids is 2. The highest BCUT2D eigenvalue weighted by Gasteiger charge is 2.54. The highest BCUT2D eigenvalue weighted by molar-refractivity contribution is 6.02. The van der Waals surface area contributed by atoms with Crippen molar-refractivity contribution >= 4 is 17.6 Å². The smallest absolute Gasteiger partial charge is 0.309 e. The van der Waals surface area contributed by atoms with E-state index in [-0.39, 0.29) is 23.6 Å². The van der Waals surface area contributed by atoms with E-state index in [9.17, 15) is 9.59 Å². The molecule has 1 aliphatic carbocycles. The molecule has 0 saturated heterocycles. The lowest BCUT2D eigenvalue weighted by atomic mass is 10.1. The van der Waals surface area contributed by atoms with E-state index in [1.165, 1.54) is 4.90 Å². The van der Waals surface area contributed by atoms with Crippen LogP contribution in [0.3, 0.4) is 0 Å². The number of hydrogen-bond acceptors (Lipinski definition) is 6. The van der Waals surface area contributed by atoms with E-state index in [1.54, 1.807) is 7.05 Å². The molecule has 1 saturated carbocycles. The van der Waals surface area contributed by atoms with Crippen molar-refractivity contribution in [2.24, 2.45) is 13.0 Å². The molecule has 9 heteroatoms. The quantitative estimate of drug-likeness (QED) is 0.705. The van der Waals surface area contributed by atoms with Crippen molar-refractivity contribution < 1.29 is 14.0 Å². The standard InChI is InChI=1S/C21H22N6O3/c1-11-22-18-17(26(11)2)14-10-13(14)16(21(29)27(18)3)23-19(28)20-25-24-15(30-20)9-12-7-5-4-6-8-12/h4-8,13-14,16H,9-10H2,1-3H3,(H,23,28)/t13-,14+,16-/m0/s1. The maximum absolute atomic E-state index is 13.1. The molecule has 2 aromatic heterocycles. The second kappa shape index (κ2) is 6.79. The Morgan fingerprint density at radius 2 is 2.00 bits per heavy atom. The molecule has 1 N–H and O–H groups in total. The molecule has 1 aliphatic heterocycles. The lowest BCUT2D eigenvalue weighted by Crippen LogP contribution is -2.48. The van der Waals surface area contributed by atoms with E-state index in [4.69, 9.17) is 4.42 Å². The van der Waals surface area contributed by atoms with Crippen molar-refractivity contribution in [3.63, 3.8) is 0 Å². The van der Waals surface area contributed by atoms with Crippen LogP contribution in [-0.4, -0.2) is 44.7 Å². The van der Waals surface area contributed by atoms with Gasteiger partial charge in [0.25, 0.3) is 5.91 Å². The summed E-state index contributed by atoms with van der Waals surface area (Å²) in [5.74, 6) is 1.27. The van der Waals surface area contributed by atoms with Gasteiger partial charge in [0.05, 0.1) is 12.1 Å². The van der Waals surface area contributed by atoms with Crippen LogP contribution in [0.25, 0.3) is 0 Å². The first-order chi connectivity index (χ1) is 14.4. The van der Waals surface area contributed by atoms with Crippen LogP contribution < -0.4 is 10.2 Å². The van der Waals surface area contributed by atoms with E-state index >= 15 is 0 Å². The van der Waals surface area contributed by atoms with Gasteiger partial charge in [-0.3, -0.25) is 14.5 Å². The van der Waals surface area contributed by atoms with Gasteiger partial charge in [-0.2, -0.15) is 0 Å². The van der Waals surface area contributed by atoms with Crippen LogP contribution in [0.5, 0.6) is 0 Å². The number of imidazole rings is 1. The summed E-state index contributed by atoms with van der Waals surface area (Å²) in [6, 6.07) is 9.03. The van der Waals surface area contributed by atoms with Crippen LogP contribution in [-0.2, 0) is 18.3 Å². The minimum Gasteiger partial charge on any atom is -0.417 e. The first kappa shape index (κ1) is 18.5. The minimum absolute atomic E-state index is 0.0339. The molecular weight excluding hydrogens is 384 g/mol. The van der Waals surface area contributed by atoms with Gasteiger partial charge in [-0.15, -0.1) is 10.2 Å². The fourth-order valence-electron chi connectivity index (χ4n) is 4.22. The van der Waals surface area contributed by atoms with Crippen molar-refractivity contribution in [2.75, 3.05) is 11.9 Å². The van der Waals surface area contributed by atoms with Gasteiger partial charge in [0.15, 0.2) is 5.82 Å². The molecule has 0 bridgehead atoms. The summed E-state index contributed by atoms with van der Waals surface area (Å²) in [7, 11) is 3.66. The van der Waals surface area contributed by atoms with Gasteiger partial charge in [-0.05, 0) is 24.8 Å². The molecule has 1 aromatic carbocycles. The van der Waals surface area contributed by atoms with Gasteiger partial charge in [0, 0.05) is 20.0 Å². The van der Waals surface area contributed by atoms with Crippen LogP contribution in [0, 0.1) is 12.8 Å². The molecule has 3 aromatic rings. The molecule has 154 valence electrons. The number of anilines is 1. The van der Waals surface area contributed by atoms with E-state index in [0.717, 1.165) is 23.5 Å². The van der Waals surface area contributed by atoms with Crippen LogP contribution in [0.1, 0.15) is 46.0 Å². The SMILES string of the molecule is Cc1nc2c(n1C)[C@@H]1C[C@@H]1[C@H](NC(=O)c1nnc(Cc3ccccc3)o1)C(=O)N2C. The monoisotopic (exact) mass is 406 g/mol. The van der Waals surface area contributed by atoms with E-state index in [0.29, 0.717) is 18.1 Å². The first-order valence-corrected chi connectivity index (χ1v) is 9.92. The summed E-state index contributed by atoms with van der Waals surface area (Å²) in [6.07, 6.45) is 1.27. The predicted molar refractivity (Wildman–Crippen MR) is 107 cm³/mol. The molecule has 0 spiro atoms. The zero-order chi connectivity index (χ0) is 21.0. The molecule has 5 rings (SSSR count). The minimum atomic E-state index is -0.647. The summed E-state index contributed by atoms with van der Waals surface area (Å²) >= 11 is 0. The Balaban J connectivity index is 1.33. The number of likely N-dealkylation sites (N-methyl/N-ethyl adjacent to an activating group) is 1. The van der Waals surface area contributed by atoms with Crippen LogP contribution in [0.2, 0.25) is 0 Å². The van der Waals surface area contributed by atoms with Gasteiger partial charge in [0.2, 0.25) is 5.89 Å². The number of fused-ring (bicyclic) bond motifs is 3. The van der Waals surface area contributed by atoms with Gasteiger partial charge in [-0.1, -0.05) is 30.3 Å². The van der Waals surface area contributed by atoms with E-state index in [2.05, 4.69) is 20.5 Å². The van der Waals surface area contributed by atoms with Crippen molar-refractivity contribution in [3.05, 3.63) is 59.2 Å². The van der Waals surface area contributed by atoms with E-state index in [1.807, 2.05) is 48.9 Å². The zero-order valence-corrected chi connectivity index (χ0v) is 17.0. The Labute approximate surface area is 173 Å². The van der Waals surface area contributed by atoms with Gasteiger partial charge in [-0.25, -0.2) is 4.98 Å². The predicted octanol–water partition coefficient (Wildman–Crippen LogP) is 1.58. The number of nitrogens with zero attached hydrogens (tertiary/aromatic N) is 5. The van der Waals surface area contributed by atoms with Gasteiger partial charge < -0.3 is 14.3 Å². The molecule has 2 amide bonds. The maximum Gasteiger partial charge on any atom is 0.309 e. The second-order valence-corrected chi connectivity index (χ2v) is 7.94. The lowest BCUT2D eigenvalue weighted by molar-refractivity contribution is -0.120. The number of aromatic nitrogens is 4. The number of aryl methyl sites for hydroxylation is 1. The number of amides is 2. The normalized spacial score (nSPS) is 22.3. The third-order valence-electron chi connectivity index (χ3n) is 6.02. The van der Waals surface area contributed by atoms with Crippen molar-refractivity contribution in [3.8, 4) is 0 Å². The van der Waals surface area contributed by atoms with E-state index < -0.39 is 11.9 Å². The number of hydrogen-bond donors (Lipinski definition) is 1. The highest BCUT2D eigenvalue weighted by Crippen LogP contribution is 2.54. The lowest BCUT2D eigenvalue weighted by Gasteiger charge is -2.21. The molecule has 0 unspecified atom stereocenters. The van der Waals surface area contributed by atoms with Crippen LogP contribution in [0.4, 0.5) is 5.82 Å². The largest absolute Gasteiger partial charge is 0.417 e. The average molecular weight is 406 g/mol. The van der Waals surface area contributed by atoms with Gasteiger partial charge >= 0.3 is 11.8 Å². The topological polar surface area (TPSA) is 106 Å². The summed E-state index contributed by atoms with van der Waals surface area (Å²) < 4.78 is 7.57.